The molecule has 5 N–H and O–H groups in total. The first kappa shape index (κ1) is 28.7. The normalized spacial score (nSPS) is 28.5. The van der Waals surface area contributed by atoms with E-state index in [1.165, 1.54) is 17.0 Å². The Balaban J connectivity index is 1.55. The molecule has 1 saturated carbocycles. The van der Waals surface area contributed by atoms with Gasteiger partial charge in [0.1, 0.15) is 11.6 Å². The van der Waals surface area contributed by atoms with Crippen LogP contribution in [0, 0.1) is 5.92 Å². The monoisotopic (exact) mass is 581 g/mol. The lowest BCUT2D eigenvalue weighted by molar-refractivity contribution is -0.146. The summed E-state index contributed by atoms with van der Waals surface area (Å²) in [6.45, 7) is 0.274. The van der Waals surface area contributed by atoms with Gasteiger partial charge in [-0.15, -0.1) is 0 Å². The summed E-state index contributed by atoms with van der Waals surface area (Å²) in [7, 11) is -4.35. The Morgan fingerprint density at radius 2 is 1.95 bits per heavy atom. The fourth-order valence-electron chi connectivity index (χ4n) is 5.12. The number of ether oxygens (including phenoxy) is 1. The van der Waals surface area contributed by atoms with E-state index in [2.05, 4.69) is 10.0 Å². The predicted octanol–water partition coefficient (Wildman–Crippen LogP) is 1.96. The lowest BCUT2D eigenvalue weighted by Gasteiger charge is -2.29. The number of hydrogen-bond donors (Lipinski definition) is 4. The van der Waals surface area contributed by atoms with Crippen LogP contribution < -0.4 is 20.5 Å². The number of carbonyl (C=O) groups excluding carboxylic acids is 4. The number of fused-ring (bicyclic) bond motifs is 2. The first-order valence-corrected chi connectivity index (χ1v) is 14.7. The van der Waals surface area contributed by atoms with Gasteiger partial charge in [-0.1, -0.05) is 36.2 Å². The minimum Gasteiger partial charge on any atom is -0.436 e. The maximum Gasteiger partial charge on any atom is 0.405 e. The maximum absolute atomic E-state index is 13.4. The molecule has 4 unspecified atom stereocenters. The molecule has 2 heterocycles. The van der Waals surface area contributed by atoms with Crippen LogP contribution in [0.2, 0.25) is 5.02 Å². The van der Waals surface area contributed by atoms with E-state index in [9.17, 15) is 27.6 Å². The third-order valence-corrected chi connectivity index (χ3v) is 8.34. The number of halogens is 1. The summed E-state index contributed by atoms with van der Waals surface area (Å²) in [5, 5.41) is 3.04. The van der Waals surface area contributed by atoms with Gasteiger partial charge < -0.3 is 20.7 Å². The molecule has 14 heteroatoms. The van der Waals surface area contributed by atoms with Gasteiger partial charge in [0, 0.05) is 17.5 Å². The molecule has 0 radical (unpaired) electrons. The first-order valence-electron chi connectivity index (χ1n) is 12.9. The van der Waals surface area contributed by atoms with Gasteiger partial charge in [0.15, 0.2) is 6.10 Å². The second-order valence-electron chi connectivity index (χ2n) is 10.00. The highest BCUT2D eigenvalue weighted by molar-refractivity contribution is 7.91. The Labute approximate surface area is 231 Å². The quantitative estimate of drug-likeness (QED) is 0.384. The van der Waals surface area contributed by atoms with Crippen molar-refractivity contribution in [3.05, 3.63) is 41.4 Å². The van der Waals surface area contributed by atoms with Gasteiger partial charge in [-0.25, -0.2) is 9.52 Å². The van der Waals surface area contributed by atoms with Crippen LogP contribution in [0.15, 0.2) is 36.4 Å². The molecular formula is C25H32ClN5O7S. The standard InChI is InChI=1S/C25H32ClN5O7S/c26-17-9-6-10-18(14-17)29-39(36,37)30-23(34)25-15-16(25)8-4-2-1-3-5-12-20(38-24(27)35)22(33)31-13-7-11-19(31)21(32)28-25/h4,6,8-10,14,16,19-20,29H,1-3,5,7,11-13,15H2,(H2,27,35)(H,28,32)(H,30,34)/b8-4-. The number of carbonyl (C=O) groups is 4. The minimum atomic E-state index is -4.35. The Morgan fingerprint density at radius 3 is 2.69 bits per heavy atom. The molecule has 3 aliphatic rings. The molecule has 1 saturated heterocycles. The van der Waals surface area contributed by atoms with Gasteiger partial charge in [0.2, 0.25) is 5.91 Å². The van der Waals surface area contributed by atoms with Crippen molar-refractivity contribution in [3.63, 3.8) is 0 Å². The van der Waals surface area contributed by atoms with Crippen molar-refractivity contribution in [2.45, 2.75) is 69.1 Å². The molecule has 2 fully saturated rings. The molecule has 1 aromatic carbocycles. The van der Waals surface area contributed by atoms with Gasteiger partial charge in [0.05, 0.1) is 5.69 Å². The molecule has 4 amide bonds. The lowest BCUT2D eigenvalue weighted by atomic mass is 10.1. The molecular weight excluding hydrogens is 550 g/mol. The van der Waals surface area contributed by atoms with Crippen LogP contribution in [0.5, 0.6) is 0 Å². The Kier molecular flexibility index (Phi) is 8.70. The maximum atomic E-state index is 13.4. The van der Waals surface area contributed by atoms with E-state index in [0.717, 1.165) is 12.8 Å². The number of anilines is 1. The Hall–Kier alpha value is -3.32. The van der Waals surface area contributed by atoms with Crippen LogP contribution in [0.4, 0.5) is 10.5 Å². The van der Waals surface area contributed by atoms with E-state index >= 15 is 0 Å². The summed E-state index contributed by atoms with van der Waals surface area (Å²) in [6.07, 6.45) is 5.74. The van der Waals surface area contributed by atoms with Crippen molar-refractivity contribution in [1.29, 1.82) is 0 Å². The fraction of sp³-hybridized carbons (Fsp3) is 0.520. The summed E-state index contributed by atoms with van der Waals surface area (Å²) in [6, 6.07) is 5.08. The number of rotatable bonds is 5. The number of nitrogens with one attached hydrogen (secondary N) is 3. The van der Waals surface area contributed by atoms with Crippen molar-refractivity contribution in [3.8, 4) is 0 Å². The van der Waals surface area contributed by atoms with E-state index in [4.69, 9.17) is 22.1 Å². The second kappa shape index (κ2) is 11.8. The topological polar surface area (TPSA) is 177 Å². The smallest absolute Gasteiger partial charge is 0.405 e. The number of hydrogen-bond acceptors (Lipinski definition) is 7. The van der Waals surface area contributed by atoms with Gasteiger partial charge >= 0.3 is 16.3 Å². The molecule has 0 bridgehead atoms. The van der Waals surface area contributed by atoms with Crippen LogP contribution in [-0.4, -0.2) is 61.4 Å². The number of primary amides is 1. The number of nitrogens with zero attached hydrogens (tertiary/aromatic N) is 1. The van der Waals surface area contributed by atoms with Crippen molar-refractivity contribution in [2.24, 2.45) is 11.7 Å². The second-order valence-corrected chi connectivity index (χ2v) is 11.9. The Morgan fingerprint density at radius 1 is 1.15 bits per heavy atom. The van der Waals surface area contributed by atoms with Crippen molar-refractivity contribution < 1.29 is 32.3 Å². The van der Waals surface area contributed by atoms with E-state index in [-0.39, 0.29) is 25.1 Å². The number of allylic oxidation sites excluding steroid dienone is 1. The van der Waals surface area contributed by atoms with Crippen LogP contribution in [0.3, 0.4) is 0 Å². The molecule has 0 spiro atoms. The summed E-state index contributed by atoms with van der Waals surface area (Å²) in [4.78, 5) is 52.8. The van der Waals surface area contributed by atoms with Gasteiger partial charge in [-0.05, 0) is 63.1 Å². The third-order valence-electron chi connectivity index (χ3n) is 7.15. The number of benzene rings is 1. The lowest BCUT2D eigenvalue weighted by Crippen LogP contribution is -2.57. The van der Waals surface area contributed by atoms with E-state index < -0.39 is 57.6 Å². The molecule has 39 heavy (non-hydrogen) atoms. The first-order chi connectivity index (χ1) is 18.5. The molecule has 212 valence electrons. The predicted molar refractivity (Wildman–Crippen MR) is 143 cm³/mol. The van der Waals surface area contributed by atoms with Crippen LogP contribution in [0.25, 0.3) is 0 Å². The van der Waals surface area contributed by atoms with Gasteiger partial charge in [-0.3, -0.25) is 19.1 Å². The number of nitrogens with two attached hydrogens (primary N) is 1. The molecule has 4 rings (SSSR count). The highest BCUT2D eigenvalue weighted by Gasteiger charge is 2.61. The Bertz CT molecular complexity index is 1270. The molecule has 4 atom stereocenters. The summed E-state index contributed by atoms with van der Waals surface area (Å²) >= 11 is 5.92. The molecule has 0 aromatic heterocycles. The fourth-order valence-corrected chi connectivity index (χ4v) is 6.23. The van der Waals surface area contributed by atoms with Crippen LogP contribution in [0.1, 0.15) is 51.4 Å². The minimum absolute atomic E-state index is 0.159. The molecule has 12 nitrogen and oxygen atoms in total. The molecule has 1 aromatic rings. The third kappa shape index (κ3) is 7.01. The van der Waals surface area contributed by atoms with Gasteiger partial charge in [-0.2, -0.15) is 8.42 Å². The van der Waals surface area contributed by atoms with E-state index in [1.807, 2.05) is 16.9 Å². The summed E-state index contributed by atoms with van der Waals surface area (Å²) in [5.41, 5.74) is 3.84. The zero-order valence-corrected chi connectivity index (χ0v) is 22.8. The van der Waals surface area contributed by atoms with Crippen LogP contribution in [-0.2, 0) is 29.3 Å². The van der Waals surface area contributed by atoms with Crippen molar-refractivity contribution >= 4 is 51.3 Å². The SMILES string of the molecule is NC(=O)OC1CCCCC/C=C\C2CC2(C(=O)NS(=O)(=O)Nc2cccc(Cl)c2)NC(=O)C2CCCN2C1=O. The van der Waals surface area contributed by atoms with Gasteiger partial charge in [0.25, 0.3) is 11.8 Å². The van der Waals surface area contributed by atoms with Crippen molar-refractivity contribution in [1.82, 2.24) is 14.9 Å². The highest BCUT2D eigenvalue weighted by Crippen LogP contribution is 2.45. The average molecular weight is 582 g/mol. The summed E-state index contributed by atoms with van der Waals surface area (Å²) < 4.78 is 34.8. The van der Waals surface area contributed by atoms with Crippen LogP contribution >= 0.6 is 11.6 Å². The average Bonchev–Trinajstić information content (AvgIpc) is 3.31. The van der Waals surface area contributed by atoms with E-state index in [1.54, 1.807) is 12.1 Å². The summed E-state index contributed by atoms with van der Waals surface area (Å²) in [5.74, 6) is -2.42. The molecule has 2 aliphatic heterocycles. The van der Waals surface area contributed by atoms with E-state index in [0.29, 0.717) is 30.7 Å². The number of amides is 4. The zero-order valence-electron chi connectivity index (χ0n) is 21.2. The largest absolute Gasteiger partial charge is 0.436 e. The highest BCUT2D eigenvalue weighted by atomic mass is 35.5. The zero-order chi connectivity index (χ0) is 28.2. The molecule has 1 aliphatic carbocycles. The van der Waals surface area contributed by atoms with Crippen molar-refractivity contribution in [2.75, 3.05) is 11.3 Å².